The van der Waals surface area contributed by atoms with Gasteiger partial charge in [-0.2, -0.15) is 0 Å². The first-order valence-electron chi connectivity index (χ1n) is 7.62. The number of aromatic nitrogens is 3. The van der Waals surface area contributed by atoms with Crippen molar-refractivity contribution in [1.29, 1.82) is 0 Å². The van der Waals surface area contributed by atoms with E-state index in [4.69, 9.17) is 4.42 Å². The number of rotatable bonds is 7. The van der Waals surface area contributed by atoms with E-state index in [0.29, 0.717) is 11.6 Å². The van der Waals surface area contributed by atoms with Crippen molar-refractivity contribution in [3.63, 3.8) is 0 Å². The van der Waals surface area contributed by atoms with Crippen molar-refractivity contribution in [3.8, 4) is 11.6 Å². The predicted octanol–water partition coefficient (Wildman–Crippen LogP) is 0.967. The molecule has 0 unspecified atom stereocenters. The Morgan fingerprint density at radius 3 is 2.74 bits per heavy atom. The molecular formula is C14H20N4O4S. The Kier molecular flexibility index (Phi) is 4.15. The molecule has 0 spiro atoms. The standard InChI is InChI=1S/C14H20N4O4S/c1-10(2)23(20,21)15-7-8-17-14(19)18(11-5-6-11)13(16-17)12-4-3-9-22-12/h3-4,9-11,15H,5-8H2,1-2H3. The molecule has 8 nitrogen and oxygen atoms in total. The summed E-state index contributed by atoms with van der Waals surface area (Å²) in [5.74, 6) is 1.03. The monoisotopic (exact) mass is 340 g/mol. The Morgan fingerprint density at radius 2 is 2.17 bits per heavy atom. The summed E-state index contributed by atoms with van der Waals surface area (Å²) < 4.78 is 34.2. The van der Waals surface area contributed by atoms with E-state index in [9.17, 15) is 13.2 Å². The summed E-state index contributed by atoms with van der Waals surface area (Å²) >= 11 is 0. The zero-order valence-electron chi connectivity index (χ0n) is 13.1. The van der Waals surface area contributed by atoms with Gasteiger partial charge in [0.1, 0.15) is 0 Å². The van der Waals surface area contributed by atoms with E-state index in [1.165, 1.54) is 10.9 Å². The third-order valence-electron chi connectivity index (χ3n) is 3.77. The highest BCUT2D eigenvalue weighted by atomic mass is 32.2. The maximum Gasteiger partial charge on any atom is 0.346 e. The molecule has 2 aromatic heterocycles. The van der Waals surface area contributed by atoms with Gasteiger partial charge >= 0.3 is 5.69 Å². The van der Waals surface area contributed by atoms with Gasteiger partial charge in [0.2, 0.25) is 15.8 Å². The molecule has 0 radical (unpaired) electrons. The minimum absolute atomic E-state index is 0.125. The molecule has 0 aromatic carbocycles. The Morgan fingerprint density at radius 1 is 1.43 bits per heavy atom. The van der Waals surface area contributed by atoms with Gasteiger partial charge in [-0.05, 0) is 38.8 Å². The predicted molar refractivity (Wildman–Crippen MR) is 84.5 cm³/mol. The Balaban J connectivity index is 1.81. The number of sulfonamides is 1. The SMILES string of the molecule is CC(C)S(=O)(=O)NCCn1nc(-c2ccco2)n(C2CC2)c1=O. The van der Waals surface area contributed by atoms with Crippen LogP contribution in [0.5, 0.6) is 0 Å². The summed E-state index contributed by atoms with van der Waals surface area (Å²) in [6.45, 7) is 3.51. The molecule has 2 heterocycles. The van der Waals surface area contributed by atoms with Crippen LogP contribution in [0.4, 0.5) is 0 Å². The molecule has 0 bridgehead atoms. The lowest BCUT2D eigenvalue weighted by molar-refractivity contribution is 0.541. The van der Waals surface area contributed by atoms with Crippen molar-refractivity contribution in [2.45, 2.75) is 44.5 Å². The average molecular weight is 340 g/mol. The fourth-order valence-electron chi connectivity index (χ4n) is 2.26. The van der Waals surface area contributed by atoms with E-state index in [0.717, 1.165) is 12.8 Å². The molecule has 23 heavy (non-hydrogen) atoms. The van der Waals surface area contributed by atoms with E-state index in [1.807, 2.05) is 0 Å². The number of hydrogen-bond donors (Lipinski definition) is 1. The van der Waals surface area contributed by atoms with E-state index >= 15 is 0 Å². The number of hydrogen-bond acceptors (Lipinski definition) is 5. The van der Waals surface area contributed by atoms with Crippen LogP contribution >= 0.6 is 0 Å². The molecule has 1 aliphatic rings. The Hall–Kier alpha value is -1.87. The van der Waals surface area contributed by atoms with E-state index in [1.54, 1.807) is 30.5 Å². The summed E-state index contributed by atoms with van der Waals surface area (Å²) in [6, 6.07) is 3.66. The van der Waals surface area contributed by atoms with Crippen LogP contribution in [0.3, 0.4) is 0 Å². The largest absolute Gasteiger partial charge is 0.461 e. The normalized spacial score (nSPS) is 15.4. The summed E-state index contributed by atoms with van der Waals surface area (Å²) in [7, 11) is -3.35. The van der Waals surface area contributed by atoms with Crippen LogP contribution in [0.2, 0.25) is 0 Å². The Labute approximate surface area is 134 Å². The van der Waals surface area contributed by atoms with Crippen LogP contribution in [-0.4, -0.2) is 34.6 Å². The molecule has 1 saturated carbocycles. The third kappa shape index (κ3) is 3.25. The van der Waals surface area contributed by atoms with Crippen molar-refractivity contribution >= 4 is 10.0 Å². The minimum atomic E-state index is -3.35. The fourth-order valence-corrected chi connectivity index (χ4v) is 2.97. The highest BCUT2D eigenvalue weighted by Gasteiger charge is 2.31. The van der Waals surface area contributed by atoms with E-state index < -0.39 is 15.3 Å². The lowest BCUT2D eigenvalue weighted by Crippen LogP contribution is -2.35. The van der Waals surface area contributed by atoms with Crippen LogP contribution in [0.25, 0.3) is 11.6 Å². The van der Waals surface area contributed by atoms with Crippen molar-refractivity contribution in [3.05, 3.63) is 28.9 Å². The molecule has 2 aromatic rings. The average Bonchev–Trinajstić information content (AvgIpc) is 3.06. The number of nitrogens with zero attached hydrogens (tertiary/aromatic N) is 3. The van der Waals surface area contributed by atoms with Crippen LogP contribution in [-0.2, 0) is 16.6 Å². The summed E-state index contributed by atoms with van der Waals surface area (Å²) in [5.41, 5.74) is -0.234. The first kappa shape index (κ1) is 16.0. The van der Waals surface area contributed by atoms with Gasteiger partial charge in [-0.3, -0.25) is 4.57 Å². The second-order valence-corrected chi connectivity index (χ2v) is 8.22. The molecule has 0 aliphatic heterocycles. The van der Waals surface area contributed by atoms with Crippen LogP contribution < -0.4 is 10.4 Å². The zero-order chi connectivity index (χ0) is 16.6. The molecule has 0 saturated heterocycles. The maximum absolute atomic E-state index is 12.5. The molecule has 3 rings (SSSR count). The topological polar surface area (TPSA) is 99.1 Å². The van der Waals surface area contributed by atoms with Crippen LogP contribution in [0, 0.1) is 0 Å². The molecule has 0 atom stereocenters. The van der Waals surface area contributed by atoms with E-state index in [-0.39, 0.29) is 24.8 Å². The van der Waals surface area contributed by atoms with Crippen molar-refractivity contribution in [2.75, 3.05) is 6.54 Å². The second-order valence-electron chi connectivity index (χ2n) is 5.90. The van der Waals surface area contributed by atoms with Crippen LogP contribution in [0.15, 0.2) is 27.6 Å². The smallest absolute Gasteiger partial charge is 0.346 e. The number of nitrogens with one attached hydrogen (secondary N) is 1. The third-order valence-corrected chi connectivity index (χ3v) is 5.62. The van der Waals surface area contributed by atoms with Gasteiger partial charge in [0.25, 0.3) is 0 Å². The fraction of sp³-hybridized carbons (Fsp3) is 0.571. The maximum atomic E-state index is 12.5. The Bertz CT molecular complexity index is 829. The van der Waals surface area contributed by atoms with Crippen molar-refractivity contribution < 1.29 is 12.8 Å². The lowest BCUT2D eigenvalue weighted by atomic mass is 10.4. The molecule has 1 fully saturated rings. The summed E-state index contributed by atoms with van der Waals surface area (Å²) in [6.07, 6.45) is 3.42. The zero-order valence-corrected chi connectivity index (χ0v) is 13.9. The van der Waals surface area contributed by atoms with Gasteiger partial charge in [-0.1, -0.05) is 0 Å². The molecule has 1 aliphatic carbocycles. The van der Waals surface area contributed by atoms with Gasteiger partial charge in [0.05, 0.1) is 18.1 Å². The second kappa shape index (κ2) is 5.97. The first-order valence-corrected chi connectivity index (χ1v) is 9.16. The first-order chi connectivity index (χ1) is 10.9. The molecule has 9 heteroatoms. The van der Waals surface area contributed by atoms with Gasteiger partial charge in [0.15, 0.2) is 5.76 Å². The highest BCUT2D eigenvalue weighted by molar-refractivity contribution is 7.90. The van der Waals surface area contributed by atoms with Crippen LogP contribution in [0.1, 0.15) is 32.7 Å². The van der Waals surface area contributed by atoms with Gasteiger partial charge in [-0.25, -0.2) is 22.6 Å². The highest BCUT2D eigenvalue weighted by Crippen LogP contribution is 2.36. The van der Waals surface area contributed by atoms with E-state index in [2.05, 4.69) is 9.82 Å². The molecule has 0 amide bonds. The summed E-state index contributed by atoms with van der Waals surface area (Å²) in [5, 5.41) is 3.80. The molecular weight excluding hydrogens is 320 g/mol. The lowest BCUT2D eigenvalue weighted by Gasteiger charge is -2.08. The van der Waals surface area contributed by atoms with Crippen molar-refractivity contribution in [2.24, 2.45) is 0 Å². The number of furan rings is 1. The summed E-state index contributed by atoms with van der Waals surface area (Å²) in [4.78, 5) is 12.5. The van der Waals surface area contributed by atoms with Gasteiger partial charge < -0.3 is 4.42 Å². The molecule has 126 valence electrons. The van der Waals surface area contributed by atoms with Crippen molar-refractivity contribution in [1.82, 2.24) is 19.1 Å². The van der Waals surface area contributed by atoms with Gasteiger partial charge in [-0.15, -0.1) is 5.10 Å². The van der Waals surface area contributed by atoms with Gasteiger partial charge in [0, 0.05) is 12.6 Å². The quantitative estimate of drug-likeness (QED) is 0.809. The molecule has 1 N–H and O–H groups in total. The minimum Gasteiger partial charge on any atom is -0.461 e.